The SMILES string of the molecule is CC(C(=O)NCCC(F)(F)C(F)(F)F)C(=O)N[C@@H]1C(=O)N(C)c2ccccc2-c2ccccc21. The molecule has 182 valence electrons. The van der Waals surface area contributed by atoms with E-state index in [0.717, 1.165) is 12.5 Å². The zero-order valence-electron chi connectivity index (χ0n) is 18.2. The van der Waals surface area contributed by atoms with Crippen LogP contribution in [-0.2, 0) is 14.4 Å². The lowest BCUT2D eigenvalue weighted by Gasteiger charge is -2.24. The average molecular weight is 483 g/mol. The molecule has 2 atom stereocenters. The number of hydrogen-bond acceptors (Lipinski definition) is 3. The van der Waals surface area contributed by atoms with Gasteiger partial charge in [-0.05, 0) is 24.1 Å². The van der Waals surface area contributed by atoms with Crippen molar-refractivity contribution in [2.24, 2.45) is 5.92 Å². The van der Waals surface area contributed by atoms with Gasteiger partial charge in [0, 0.05) is 25.6 Å². The van der Waals surface area contributed by atoms with Gasteiger partial charge in [-0.2, -0.15) is 22.0 Å². The highest BCUT2D eigenvalue weighted by Crippen LogP contribution is 2.40. The highest BCUT2D eigenvalue weighted by Gasteiger charge is 2.56. The highest BCUT2D eigenvalue weighted by molar-refractivity contribution is 6.07. The van der Waals surface area contributed by atoms with Gasteiger partial charge in [0.05, 0.1) is 5.69 Å². The van der Waals surface area contributed by atoms with Crippen molar-refractivity contribution in [1.29, 1.82) is 0 Å². The van der Waals surface area contributed by atoms with Crippen molar-refractivity contribution >= 4 is 23.4 Å². The molecule has 0 spiro atoms. The number of fused-ring (bicyclic) bond motifs is 3. The Morgan fingerprint density at radius 2 is 1.56 bits per heavy atom. The first-order chi connectivity index (χ1) is 15.8. The van der Waals surface area contributed by atoms with Crippen molar-refractivity contribution in [1.82, 2.24) is 10.6 Å². The molecule has 1 heterocycles. The number of alkyl halides is 5. The van der Waals surface area contributed by atoms with Crippen molar-refractivity contribution in [3.8, 4) is 11.1 Å². The Morgan fingerprint density at radius 3 is 2.21 bits per heavy atom. The summed E-state index contributed by atoms with van der Waals surface area (Å²) in [6.45, 7) is 0.185. The molecule has 2 aromatic rings. The van der Waals surface area contributed by atoms with Crippen LogP contribution in [0.3, 0.4) is 0 Å². The Labute approximate surface area is 192 Å². The van der Waals surface area contributed by atoms with E-state index in [-0.39, 0.29) is 0 Å². The van der Waals surface area contributed by atoms with E-state index in [4.69, 9.17) is 0 Å². The molecule has 0 radical (unpaired) electrons. The maximum Gasteiger partial charge on any atom is 0.453 e. The van der Waals surface area contributed by atoms with Crippen molar-refractivity contribution in [2.45, 2.75) is 31.5 Å². The fraction of sp³-hybridized carbons (Fsp3) is 0.348. The molecule has 0 bridgehead atoms. The maximum atomic E-state index is 13.2. The smallest absolute Gasteiger partial charge is 0.355 e. The fourth-order valence-corrected chi connectivity index (χ4v) is 3.60. The Hall–Kier alpha value is -3.50. The van der Waals surface area contributed by atoms with Crippen molar-refractivity contribution < 1.29 is 36.3 Å². The number of carbonyl (C=O) groups excluding carboxylic acids is 3. The first-order valence-electron chi connectivity index (χ1n) is 10.3. The second kappa shape index (κ2) is 9.40. The van der Waals surface area contributed by atoms with Gasteiger partial charge in [0.15, 0.2) is 0 Å². The van der Waals surface area contributed by atoms with Crippen LogP contribution in [0.15, 0.2) is 48.5 Å². The highest BCUT2D eigenvalue weighted by atomic mass is 19.4. The third-order valence-electron chi connectivity index (χ3n) is 5.63. The summed E-state index contributed by atoms with van der Waals surface area (Å²) < 4.78 is 62.8. The zero-order chi connectivity index (χ0) is 25.3. The van der Waals surface area contributed by atoms with Crippen molar-refractivity contribution in [3.63, 3.8) is 0 Å². The Bertz CT molecular complexity index is 1100. The number of carbonyl (C=O) groups is 3. The minimum atomic E-state index is -5.74. The first-order valence-corrected chi connectivity index (χ1v) is 10.3. The molecule has 2 N–H and O–H groups in total. The zero-order valence-corrected chi connectivity index (χ0v) is 18.2. The third kappa shape index (κ3) is 4.87. The molecule has 1 aliphatic rings. The summed E-state index contributed by atoms with van der Waals surface area (Å²) in [4.78, 5) is 39.5. The molecule has 2 aromatic carbocycles. The van der Waals surface area contributed by atoms with E-state index >= 15 is 0 Å². The molecule has 0 fully saturated rings. The van der Waals surface area contributed by atoms with Crippen LogP contribution in [0.1, 0.15) is 24.9 Å². The van der Waals surface area contributed by atoms with Crippen molar-refractivity contribution in [3.05, 3.63) is 54.1 Å². The van der Waals surface area contributed by atoms with Gasteiger partial charge in [-0.1, -0.05) is 42.5 Å². The molecule has 6 nitrogen and oxygen atoms in total. The Morgan fingerprint density at radius 1 is 0.971 bits per heavy atom. The number of likely N-dealkylation sites (N-methyl/N-ethyl adjacent to an activating group) is 1. The van der Waals surface area contributed by atoms with Gasteiger partial charge in [0.1, 0.15) is 12.0 Å². The molecular formula is C23H22F5N3O3. The van der Waals surface area contributed by atoms with Gasteiger partial charge in [-0.3, -0.25) is 14.4 Å². The Kier molecular flexibility index (Phi) is 6.94. The van der Waals surface area contributed by atoms with Gasteiger partial charge in [-0.15, -0.1) is 0 Å². The topological polar surface area (TPSA) is 78.5 Å². The molecule has 34 heavy (non-hydrogen) atoms. The van der Waals surface area contributed by atoms with Gasteiger partial charge < -0.3 is 15.5 Å². The third-order valence-corrected chi connectivity index (χ3v) is 5.63. The van der Waals surface area contributed by atoms with Crippen LogP contribution in [0.2, 0.25) is 0 Å². The van der Waals surface area contributed by atoms with E-state index < -0.39 is 54.7 Å². The van der Waals surface area contributed by atoms with Crippen LogP contribution in [-0.4, -0.2) is 43.4 Å². The summed E-state index contributed by atoms with van der Waals surface area (Å²) in [5.41, 5.74) is 2.58. The first kappa shape index (κ1) is 25.1. The van der Waals surface area contributed by atoms with Crippen LogP contribution >= 0.6 is 0 Å². The molecule has 0 aliphatic carbocycles. The summed E-state index contributed by atoms with van der Waals surface area (Å²) in [6, 6.07) is 12.9. The lowest BCUT2D eigenvalue weighted by Crippen LogP contribution is -2.46. The van der Waals surface area contributed by atoms with E-state index in [1.54, 1.807) is 43.4 Å². The van der Waals surface area contributed by atoms with Crippen molar-refractivity contribution in [2.75, 3.05) is 18.5 Å². The fourth-order valence-electron chi connectivity index (χ4n) is 3.60. The number of nitrogens with one attached hydrogen (secondary N) is 2. The normalized spacial score (nSPS) is 16.7. The predicted octanol–water partition coefficient (Wildman–Crippen LogP) is 3.83. The second-order valence-electron chi connectivity index (χ2n) is 7.91. The molecule has 3 rings (SSSR count). The lowest BCUT2D eigenvalue weighted by molar-refractivity contribution is -0.283. The minimum absolute atomic E-state index is 0.469. The number of anilines is 1. The molecule has 11 heteroatoms. The molecular weight excluding hydrogens is 461 g/mol. The van der Waals surface area contributed by atoms with E-state index in [1.165, 1.54) is 4.90 Å². The van der Waals surface area contributed by atoms with Gasteiger partial charge >= 0.3 is 12.1 Å². The molecule has 0 saturated carbocycles. The van der Waals surface area contributed by atoms with E-state index in [1.807, 2.05) is 17.4 Å². The number of nitrogens with zero attached hydrogens (tertiary/aromatic N) is 1. The summed E-state index contributed by atoms with van der Waals surface area (Å²) in [5.74, 6) is -8.81. The molecule has 1 aliphatic heterocycles. The molecule has 3 amide bonds. The average Bonchev–Trinajstić information content (AvgIpc) is 2.87. The number of halogens is 5. The van der Waals surface area contributed by atoms with Crippen LogP contribution in [0.5, 0.6) is 0 Å². The number of para-hydroxylation sites is 1. The quantitative estimate of drug-likeness (QED) is 0.484. The van der Waals surface area contributed by atoms with E-state index in [9.17, 15) is 36.3 Å². The predicted molar refractivity (Wildman–Crippen MR) is 114 cm³/mol. The number of benzene rings is 2. The largest absolute Gasteiger partial charge is 0.453 e. The summed E-state index contributed by atoms with van der Waals surface area (Å²) in [7, 11) is 1.54. The summed E-state index contributed by atoms with van der Waals surface area (Å²) >= 11 is 0. The van der Waals surface area contributed by atoms with Crippen LogP contribution < -0.4 is 15.5 Å². The minimum Gasteiger partial charge on any atom is -0.355 e. The monoisotopic (exact) mass is 483 g/mol. The Balaban J connectivity index is 1.75. The number of amides is 3. The number of hydrogen-bond donors (Lipinski definition) is 2. The maximum absolute atomic E-state index is 13.2. The second-order valence-corrected chi connectivity index (χ2v) is 7.91. The molecule has 0 saturated heterocycles. The van der Waals surface area contributed by atoms with E-state index in [0.29, 0.717) is 16.8 Å². The van der Waals surface area contributed by atoms with Crippen LogP contribution in [0.25, 0.3) is 11.1 Å². The van der Waals surface area contributed by atoms with Gasteiger partial charge in [0.25, 0.3) is 5.91 Å². The number of rotatable bonds is 6. The summed E-state index contributed by atoms with van der Waals surface area (Å²) in [6.07, 6.45) is -7.40. The van der Waals surface area contributed by atoms with Crippen LogP contribution in [0.4, 0.5) is 27.6 Å². The molecule has 1 unspecified atom stereocenters. The summed E-state index contributed by atoms with van der Waals surface area (Å²) in [5, 5.41) is 4.44. The van der Waals surface area contributed by atoms with E-state index in [2.05, 4.69) is 5.32 Å². The molecule has 0 aromatic heterocycles. The van der Waals surface area contributed by atoms with Crippen LogP contribution in [0, 0.1) is 5.92 Å². The standard InChI is InChI=1S/C23H22F5N3O3/c1-13(19(32)29-12-11-22(24,25)23(26,27)28)20(33)30-18-16-9-4-3-7-14(16)15-8-5-6-10-17(15)31(2)21(18)34/h3-10,13,18H,11-12H2,1-2H3,(H,29,32)(H,30,33)/t13?,18-/m0/s1. The van der Waals surface area contributed by atoms with Gasteiger partial charge in [0.2, 0.25) is 11.8 Å². The van der Waals surface area contributed by atoms with Gasteiger partial charge in [-0.25, -0.2) is 0 Å². The lowest BCUT2D eigenvalue weighted by atomic mass is 9.95.